The lowest BCUT2D eigenvalue weighted by Gasteiger charge is -2.19. The first-order valence-electron chi connectivity index (χ1n) is 8.55. The molecule has 0 heterocycles. The predicted molar refractivity (Wildman–Crippen MR) is 100 cm³/mol. The Hall–Kier alpha value is -2.82. The molecule has 0 aliphatic carbocycles. The average molecular weight is 355 g/mol. The topological polar surface area (TPSA) is 75.6 Å². The number of carbonyl (C=O) groups excluding carboxylic acids is 1. The van der Waals surface area contributed by atoms with Crippen LogP contribution in [-0.2, 0) is 21.4 Å². The summed E-state index contributed by atoms with van der Waals surface area (Å²) in [5.74, 6) is -0.965. The van der Waals surface area contributed by atoms with Crippen molar-refractivity contribution in [2.45, 2.75) is 38.6 Å². The van der Waals surface area contributed by atoms with E-state index in [0.717, 1.165) is 5.56 Å². The van der Waals surface area contributed by atoms with Crippen molar-refractivity contribution in [2.75, 3.05) is 6.61 Å². The first kappa shape index (κ1) is 19.5. The molecule has 0 unspecified atom stereocenters. The standard InChI is InChI=1S/C21H25NO4/c1-21(2,3)16-9-11-17(12-10-16)26-14-19(23)22-18(20(24)25)13-15-7-5-4-6-8-15/h4-12,18H,13-14H2,1-3H3,(H,22,23)(H,24,25)/t18-/m0/s1. The number of hydrogen-bond donors (Lipinski definition) is 2. The molecule has 5 heteroatoms. The van der Waals surface area contributed by atoms with E-state index in [2.05, 4.69) is 26.1 Å². The van der Waals surface area contributed by atoms with E-state index in [4.69, 9.17) is 4.74 Å². The zero-order valence-electron chi connectivity index (χ0n) is 15.4. The number of carboxylic acids is 1. The number of aliphatic carboxylic acids is 1. The van der Waals surface area contributed by atoms with Crippen LogP contribution in [0.5, 0.6) is 5.75 Å². The molecular formula is C21H25NO4. The highest BCUT2D eigenvalue weighted by atomic mass is 16.5. The molecule has 0 saturated heterocycles. The molecule has 0 spiro atoms. The second kappa shape index (κ2) is 8.52. The van der Waals surface area contributed by atoms with Crippen LogP contribution in [0.4, 0.5) is 0 Å². The lowest BCUT2D eigenvalue weighted by molar-refractivity contribution is -0.142. The molecule has 26 heavy (non-hydrogen) atoms. The second-order valence-electron chi connectivity index (χ2n) is 7.21. The highest BCUT2D eigenvalue weighted by molar-refractivity contribution is 5.84. The highest BCUT2D eigenvalue weighted by Gasteiger charge is 2.20. The third-order valence-electron chi connectivity index (χ3n) is 4.01. The summed E-state index contributed by atoms with van der Waals surface area (Å²) >= 11 is 0. The summed E-state index contributed by atoms with van der Waals surface area (Å²) in [6.45, 7) is 6.13. The Labute approximate surface area is 154 Å². The summed E-state index contributed by atoms with van der Waals surface area (Å²) in [6.07, 6.45) is 0.224. The van der Waals surface area contributed by atoms with E-state index in [1.807, 2.05) is 54.6 Å². The van der Waals surface area contributed by atoms with Gasteiger partial charge in [0.05, 0.1) is 0 Å². The molecule has 0 aliphatic heterocycles. The summed E-state index contributed by atoms with van der Waals surface area (Å²) in [5.41, 5.74) is 2.06. The normalized spacial score (nSPS) is 12.3. The fourth-order valence-corrected chi connectivity index (χ4v) is 2.49. The fourth-order valence-electron chi connectivity index (χ4n) is 2.49. The summed E-state index contributed by atoms with van der Waals surface area (Å²) in [6, 6.07) is 15.7. The second-order valence-corrected chi connectivity index (χ2v) is 7.21. The number of ether oxygens (including phenoxy) is 1. The third-order valence-corrected chi connectivity index (χ3v) is 4.01. The zero-order valence-corrected chi connectivity index (χ0v) is 15.4. The number of amides is 1. The van der Waals surface area contributed by atoms with Crippen molar-refractivity contribution < 1.29 is 19.4 Å². The SMILES string of the molecule is CC(C)(C)c1ccc(OCC(=O)N[C@@H](Cc2ccccc2)C(=O)O)cc1. The number of hydrogen-bond acceptors (Lipinski definition) is 3. The Morgan fingerprint density at radius 2 is 1.65 bits per heavy atom. The fraction of sp³-hybridized carbons (Fsp3) is 0.333. The third kappa shape index (κ3) is 5.92. The van der Waals surface area contributed by atoms with Crippen molar-refractivity contribution in [3.05, 3.63) is 65.7 Å². The van der Waals surface area contributed by atoms with Crippen LogP contribution in [0, 0.1) is 0 Å². The highest BCUT2D eigenvalue weighted by Crippen LogP contribution is 2.24. The summed E-state index contributed by atoms with van der Waals surface area (Å²) in [4.78, 5) is 23.4. The molecule has 0 bridgehead atoms. The van der Waals surface area contributed by atoms with Crippen LogP contribution in [0.2, 0.25) is 0 Å². The van der Waals surface area contributed by atoms with E-state index in [9.17, 15) is 14.7 Å². The summed E-state index contributed by atoms with van der Waals surface area (Å²) in [7, 11) is 0. The van der Waals surface area contributed by atoms with Gasteiger partial charge in [0.15, 0.2) is 6.61 Å². The maximum Gasteiger partial charge on any atom is 0.326 e. The molecule has 1 amide bonds. The molecule has 2 aromatic carbocycles. The van der Waals surface area contributed by atoms with Gasteiger partial charge in [-0.1, -0.05) is 63.2 Å². The van der Waals surface area contributed by atoms with E-state index < -0.39 is 17.9 Å². The summed E-state index contributed by atoms with van der Waals surface area (Å²) < 4.78 is 5.46. The van der Waals surface area contributed by atoms with Gasteiger partial charge in [-0.05, 0) is 28.7 Å². The van der Waals surface area contributed by atoms with Crippen molar-refractivity contribution in [1.82, 2.24) is 5.32 Å². The molecule has 5 nitrogen and oxygen atoms in total. The number of nitrogens with one attached hydrogen (secondary N) is 1. The zero-order chi connectivity index (χ0) is 19.2. The van der Waals surface area contributed by atoms with Gasteiger partial charge >= 0.3 is 5.97 Å². The van der Waals surface area contributed by atoms with Crippen LogP contribution in [0.15, 0.2) is 54.6 Å². The Balaban J connectivity index is 1.89. The first-order chi connectivity index (χ1) is 12.3. The number of carboxylic acid groups (broad SMARTS) is 1. The number of rotatable bonds is 7. The van der Waals surface area contributed by atoms with Gasteiger partial charge in [-0.25, -0.2) is 4.79 Å². The lowest BCUT2D eigenvalue weighted by atomic mass is 9.87. The van der Waals surface area contributed by atoms with Crippen molar-refractivity contribution in [2.24, 2.45) is 0 Å². The number of carbonyl (C=O) groups is 2. The molecule has 2 aromatic rings. The lowest BCUT2D eigenvalue weighted by Crippen LogP contribution is -2.44. The van der Waals surface area contributed by atoms with Crippen molar-refractivity contribution in [3.63, 3.8) is 0 Å². The van der Waals surface area contributed by atoms with Crippen molar-refractivity contribution >= 4 is 11.9 Å². The Bertz CT molecular complexity index is 733. The molecule has 0 radical (unpaired) electrons. The molecule has 0 fully saturated rings. The molecule has 138 valence electrons. The Morgan fingerprint density at radius 3 is 2.19 bits per heavy atom. The van der Waals surface area contributed by atoms with E-state index in [1.165, 1.54) is 5.56 Å². The van der Waals surface area contributed by atoms with Crippen molar-refractivity contribution in [3.8, 4) is 5.75 Å². The first-order valence-corrected chi connectivity index (χ1v) is 8.55. The van der Waals surface area contributed by atoms with Crippen molar-refractivity contribution in [1.29, 1.82) is 0 Å². The molecule has 0 saturated carbocycles. The number of benzene rings is 2. The molecule has 2 N–H and O–H groups in total. The minimum atomic E-state index is -1.07. The average Bonchev–Trinajstić information content (AvgIpc) is 2.60. The van der Waals surface area contributed by atoms with Gasteiger partial charge in [0.1, 0.15) is 11.8 Å². The molecule has 2 rings (SSSR count). The molecule has 0 aliphatic rings. The quantitative estimate of drug-likeness (QED) is 0.800. The minimum Gasteiger partial charge on any atom is -0.484 e. The molecule has 1 atom stereocenters. The van der Waals surface area contributed by atoms with Crippen LogP contribution in [0.1, 0.15) is 31.9 Å². The van der Waals surface area contributed by atoms with Crippen LogP contribution in [-0.4, -0.2) is 29.6 Å². The van der Waals surface area contributed by atoms with Gasteiger partial charge in [-0.3, -0.25) is 4.79 Å². The monoisotopic (exact) mass is 355 g/mol. The van der Waals surface area contributed by atoms with Gasteiger partial charge in [0.25, 0.3) is 5.91 Å². The van der Waals surface area contributed by atoms with Gasteiger partial charge < -0.3 is 15.2 Å². The maximum atomic E-state index is 12.0. The maximum absolute atomic E-state index is 12.0. The van der Waals surface area contributed by atoms with E-state index in [-0.39, 0.29) is 18.4 Å². The van der Waals surface area contributed by atoms with E-state index >= 15 is 0 Å². The van der Waals surface area contributed by atoms with Crippen LogP contribution >= 0.6 is 0 Å². The predicted octanol–water partition coefficient (Wildman–Crippen LogP) is 3.18. The van der Waals surface area contributed by atoms with Gasteiger partial charge in [0, 0.05) is 6.42 Å². The smallest absolute Gasteiger partial charge is 0.326 e. The largest absolute Gasteiger partial charge is 0.484 e. The minimum absolute atomic E-state index is 0.0437. The molecule has 0 aromatic heterocycles. The Morgan fingerprint density at radius 1 is 1.04 bits per heavy atom. The van der Waals surface area contributed by atoms with Crippen LogP contribution in [0.3, 0.4) is 0 Å². The van der Waals surface area contributed by atoms with Crippen LogP contribution < -0.4 is 10.1 Å². The van der Waals surface area contributed by atoms with Gasteiger partial charge in [-0.2, -0.15) is 0 Å². The van der Waals surface area contributed by atoms with Gasteiger partial charge in [0.2, 0.25) is 0 Å². The molecular weight excluding hydrogens is 330 g/mol. The van der Waals surface area contributed by atoms with Gasteiger partial charge in [-0.15, -0.1) is 0 Å². The van der Waals surface area contributed by atoms with E-state index in [1.54, 1.807) is 0 Å². The van der Waals surface area contributed by atoms with Crippen LogP contribution in [0.25, 0.3) is 0 Å². The Kier molecular flexibility index (Phi) is 6.39. The summed E-state index contributed by atoms with van der Waals surface area (Å²) in [5, 5.41) is 11.8. The van der Waals surface area contributed by atoms with E-state index in [0.29, 0.717) is 5.75 Å².